The van der Waals surface area contributed by atoms with Crippen molar-refractivity contribution >= 4 is 11.6 Å². The van der Waals surface area contributed by atoms with Crippen molar-refractivity contribution in [2.75, 3.05) is 18.6 Å². The molecule has 3 nitrogen and oxygen atoms in total. The number of aliphatic hydroxyl groups is 1. The van der Waals surface area contributed by atoms with Gasteiger partial charge in [0.1, 0.15) is 11.6 Å². The van der Waals surface area contributed by atoms with E-state index in [0.717, 1.165) is 29.5 Å². The number of rotatable bonds is 3. The Kier molecular flexibility index (Phi) is 3.34. The summed E-state index contributed by atoms with van der Waals surface area (Å²) in [6.45, 7) is -0.257. The van der Waals surface area contributed by atoms with Gasteiger partial charge in [-0.2, -0.15) is 0 Å². The summed E-state index contributed by atoms with van der Waals surface area (Å²) in [5.74, 6) is -1.61. The van der Waals surface area contributed by atoms with Gasteiger partial charge in [-0.25, -0.2) is 8.78 Å². The van der Waals surface area contributed by atoms with Gasteiger partial charge in [0.25, 0.3) is 0 Å². The topological polar surface area (TPSA) is 40.5 Å². The molecule has 1 aromatic rings. The van der Waals surface area contributed by atoms with Crippen LogP contribution < -0.4 is 4.90 Å². The number of halogens is 2. The minimum absolute atomic E-state index is 0.0975. The quantitative estimate of drug-likeness (QED) is 0.898. The smallest absolute Gasteiger partial charge is 0.235 e. The molecule has 98 valence electrons. The Morgan fingerprint density at radius 2 is 2.11 bits per heavy atom. The average molecular weight is 255 g/mol. The van der Waals surface area contributed by atoms with Crippen molar-refractivity contribution in [1.29, 1.82) is 0 Å². The number of anilines is 1. The van der Waals surface area contributed by atoms with E-state index in [1.54, 1.807) is 0 Å². The van der Waals surface area contributed by atoms with Gasteiger partial charge in [0.15, 0.2) is 0 Å². The van der Waals surface area contributed by atoms with Gasteiger partial charge in [-0.15, -0.1) is 0 Å². The lowest BCUT2D eigenvalue weighted by Crippen LogP contribution is -2.49. The highest BCUT2D eigenvalue weighted by Crippen LogP contribution is 2.42. The second-order valence-corrected chi connectivity index (χ2v) is 4.75. The van der Waals surface area contributed by atoms with E-state index in [9.17, 15) is 18.7 Å². The number of amides is 1. The van der Waals surface area contributed by atoms with E-state index in [4.69, 9.17) is 0 Å². The first-order chi connectivity index (χ1) is 8.50. The minimum Gasteiger partial charge on any atom is -0.395 e. The van der Waals surface area contributed by atoms with Gasteiger partial charge >= 0.3 is 0 Å². The molecule has 0 spiro atoms. The molecule has 1 N–H and O–H groups in total. The molecule has 0 radical (unpaired) electrons. The summed E-state index contributed by atoms with van der Waals surface area (Å²) in [4.78, 5) is 13.3. The van der Waals surface area contributed by atoms with Crippen LogP contribution in [-0.4, -0.2) is 24.7 Å². The predicted octanol–water partition coefficient (Wildman–Crippen LogP) is 2.09. The number of hydrogen-bond donors (Lipinski definition) is 1. The fourth-order valence-electron chi connectivity index (χ4n) is 2.25. The van der Waals surface area contributed by atoms with Gasteiger partial charge in [0, 0.05) is 13.1 Å². The van der Waals surface area contributed by atoms with E-state index in [1.807, 2.05) is 0 Å². The molecule has 2 rings (SSSR count). The molecule has 0 aromatic heterocycles. The number of carbonyl (C=O) groups excluding carboxylic acids is 1. The molecule has 5 heteroatoms. The van der Waals surface area contributed by atoms with Gasteiger partial charge in [0.05, 0.1) is 17.7 Å². The molecule has 1 saturated carbocycles. The van der Waals surface area contributed by atoms with Crippen LogP contribution >= 0.6 is 0 Å². The highest BCUT2D eigenvalue weighted by Gasteiger charge is 2.45. The summed E-state index contributed by atoms with van der Waals surface area (Å²) in [5.41, 5.74) is -0.909. The average Bonchev–Trinajstić information content (AvgIpc) is 2.30. The Morgan fingerprint density at radius 1 is 1.44 bits per heavy atom. The largest absolute Gasteiger partial charge is 0.395 e. The zero-order valence-electron chi connectivity index (χ0n) is 10.1. The molecule has 0 atom stereocenters. The second kappa shape index (κ2) is 4.65. The van der Waals surface area contributed by atoms with Crippen molar-refractivity contribution in [2.24, 2.45) is 5.41 Å². The third-order valence-electron chi connectivity index (χ3n) is 3.64. The molecule has 0 bridgehead atoms. The molecular formula is C13H15F2NO2. The predicted molar refractivity (Wildman–Crippen MR) is 63.1 cm³/mol. The first-order valence-electron chi connectivity index (χ1n) is 5.84. The van der Waals surface area contributed by atoms with Crippen molar-refractivity contribution in [2.45, 2.75) is 19.3 Å². The summed E-state index contributed by atoms with van der Waals surface area (Å²) < 4.78 is 26.7. The lowest BCUT2D eigenvalue weighted by molar-refractivity contribution is -0.136. The van der Waals surface area contributed by atoms with Crippen molar-refractivity contribution in [3.05, 3.63) is 29.8 Å². The Balaban J connectivity index is 2.28. The summed E-state index contributed by atoms with van der Waals surface area (Å²) >= 11 is 0. The third kappa shape index (κ3) is 1.99. The van der Waals surface area contributed by atoms with Gasteiger partial charge in [-0.05, 0) is 25.0 Å². The normalized spacial score (nSPS) is 17.1. The van der Waals surface area contributed by atoms with Crippen LogP contribution in [0.3, 0.4) is 0 Å². The number of carbonyl (C=O) groups is 1. The zero-order chi connectivity index (χ0) is 13.3. The lowest BCUT2D eigenvalue weighted by Gasteiger charge is -2.41. The molecular weight excluding hydrogens is 240 g/mol. The maximum absolute atomic E-state index is 13.6. The molecule has 1 aromatic carbocycles. The monoisotopic (exact) mass is 255 g/mol. The number of benzene rings is 1. The molecule has 1 amide bonds. The molecule has 1 fully saturated rings. The fourth-order valence-corrected chi connectivity index (χ4v) is 2.25. The molecule has 0 heterocycles. The maximum atomic E-state index is 13.6. The minimum atomic E-state index is -0.812. The molecule has 1 aliphatic rings. The van der Waals surface area contributed by atoms with Crippen molar-refractivity contribution in [1.82, 2.24) is 0 Å². The molecule has 0 saturated heterocycles. The van der Waals surface area contributed by atoms with Crippen molar-refractivity contribution < 1.29 is 18.7 Å². The number of nitrogens with zero attached hydrogens (tertiary/aromatic N) is 1. The molecule has 1 aliphatic carbocycles. The van der Waals surface area contributed by atoms with E-state index < -0.39 is 17.0 Å². The van der Waals surface area contributed by atoms with Gasteiger partial charge in [0.2, 0.25) is 5.91 Å². The SMILES string of the molecule is CN(C(=O)C1(CO)CCC1)c1cc(F)ccc1F. The van der Waals surface area contributed by atoms with E-state index >= 15 is 0 Å². The van der Waals surface area contributed by atoms with Crippen LogP contribution in [0.5, 0.6) is 0 Å². The fraction of sp³-hybridized carbons (Fsp3) is 0.462. The first kappa shape index (κ1) is 13.0. The van der Waals surface area contributed by atoms with Crippen LogP contribution in [0.1, 0.15) is 19.3 Å². The van der Waals surface area contributed by atoms with Crippen LogP contribution in [0.4, 0.5) is 14.5 Å². The van der Waals surface area contributed by atoms with Gasteiger partial charge in [-0.1, -0.05) is 6.42 Å². The molecule has 18 heavy (non-hydrogen) atoms. The first-order valence-corrected chi connectivity index (χ1v) is 5.84. The van der Waals surface area contributed by atoms with Crippen LogP contribution in [0.25, 0.3) is 0 Å². The van der Waals surface area contributed by atoms with Gasteiger partial charge in [-0.3, -0.25) is 4.79 Å². The lowest BCUT2D eigenvalue weighted by atomic mass is 9.68. The van der Waals surface area contributed by atoms with E-state index in [1.165, 1.54) is 7.05 Å². The van der Waals surface area contributed by atoms with Crippen molar-refractivity contribution in [3.8, 4) is 0 Å². The Morgan fingerprint density at radius 3 is 2.61 bits per heavy atom. The molecule has 0 aliphatic heterocycles. The van der Waals surface area contributed by atoms with Crippen LogP contribution in [0.15, 0.2) is 18.2 Å². The van der Waals surface area contributed by atoms with Crippen molar-refractivity contribution in [3.63, 3.8) is 0 Å². The summed E-state index contributed by atoms with van der Waals surface area (Å²) in [5, 5.41) is 9.31. The van der Waals surface area contributed by atoms with Crippen LogP contribution in [-0.2, 0) is 4.79 Å². The summed E-state index contributed by atoms with van der Waals surface area (Å²) in [6, 6.07) is 2.97. The second-order valence-electron chi connectivity index (χ2n) is 4.75. The number of hydrogen-bond acceptors (Lipinski definition) is 2. The van der Waals surface area contributed by atoms with Gasteiger partial charge < -0.3 is 10.0 Å². The zero-order valence-corrected chi connectivity index (χ0v) is 10.1. The molecule has 0 unspecified atom stereocenters. The highest BCUT2D eigenvalue weighted by atomic mass is 19.1. The van der Waals surface area contributed by atoms with Crippen LogP contribution in [0.2, 0.25) is 0 Å². The Hall–Kier alpha value is -1.49. The summed E-state index contributed by atoms with van der Waals surface area (Å²) in [7, 11) is 1.40. The number of aliphatic hydroxyl groups excluding tert-OH is 1. The highest BCUT2D eigenvalue weighted by molar-refractivity contribution is 5.97. The third-order valence-corrected chi connectivity index (χ3v) is 3.64. The van der Waals surface area contributed by atoms with E-state index in [0.29, 0.717) is 12.8 Å². The maximum Gasteiger partial charge on any atom is 0.235 e. The Labute approximate surface area is 104 Å². The standard InChI is InChI=1S/C13H15F2NO2/c1-16(11-7-9(14)3-4-10(11)15)12(18)13(8-17)5-2-6-13/h3-4,7,17H,2,5-6,8H2,1H3. The van der Waals surface area contributed by atoms with E-state index in [2.05, 4.69) is 0 Å². The Bertz CT molecular complexity index is 467. The van der Waals surface area contributed by atoms with Crippen LogP contribution in [0, 0.1) is 17.0 Å². The summed E-state index contributed by atoms with van der Waals surface area (Å²) in [6.07, 6.45) is 2.04. The van der Waals surface area contributed by atoms with E-state index in [-0.39, 0.29) is 18.2 Å².